The molecule has 1 amide bonds. The quantitative estimate of drug-likeness (QED) is 0.825. The fourth-order valence-corrected chi connectivity index (χ4v) is 2.16. The summed E-state index contributed by atoms with van der Waals surface area (Å²) >= 11 is 0. The predicted octanol–water partition coefficient (Wildman–Crippen LogP) is 0.717. The van der Waals surface area contributed by atoms with Crippen LogP contribution in [0.15, 0.2) is 12.1 Å². The van der Waals surface area contributed by atoms with Crippen molar-refractivity contribution in [3.05, 3.63) is 23.4 Å². The number of carbonyl (C=O) groups is 1. The molecule has 0 aliphatic carbocycles. The summed E-state index contributed by atoms with van der Waals surface area (Å²) in [7, 11) is -0.522. The molecule has 1 aromatic heterocycles. The van der Waals surface area contributed by atoms with Gasteiger partial charge >= 0.3 is 7.12 Å². The second-order valence-corrected chi connectivity index (χ2v) is 6.27. The first kappa shape index (κ1) is 15.0. The van der Waals surface area contributed by atoms with Gasteiger partial charge in [-0.2, -0.15) is 0 Å². The Morgan fingerprint density at radius 1 is 1.25 bits per heavy atom. The van der Waals surface area contributed by atoms with Crippen LogP contribution in [-0.4, -0.2) is 29.2 Å². The number of hydrogen-bond acceptors (Lipinski definition) is 4. The van der Waals surface area contributed by atoms with Crippen LogP contribution in [0.2, 0.25) is 0 Å². The van der Waals surface area contributed by atoms with Gasteiger partial charge in [0.15, 0.2) is 0 Å². The standard InChI is InChI=1S/C14H21BN2O3/c1-9-6-10(8-12(16)18)7-11(17-9)15-19-13(2,3)14(4,5)20-15/h6-7H,8H2,1-5H3,(H2,16,18). The molecular formula is C14H21BN2O3. The van der Waals surface area contributed by atoms with Crippen LogP contribution in [0.4, 0.5) is 0 Å². The number of nitrogens with zero attached hydrogens (tertiary/aromatic N) is 1. The lowest BCUT2D eigenvalue weighted by molar-refractivity contribution is -0.117. The van der Waals surface area contributed by atoms with Crippen molar-refractivity contribution in [2.45, 2.75) is 52.2 Å². The lowest BCUT2D eigenvalue weighted by Crippen LogP contribution is -2.41. The molecule has 0 radical (unpaired) electrons. The molecule has 1 saturated heterocycles. The molecule has 1 aromatic rings. The Morgan fingerprint density at radius 2 is 1.80 bits per heavy atom. The van der Waals surface area contributed by atoms with Crippen molar-refractivity contribution in [2.24, 2.45) is 5.73 Å². The van der Waals surface area contributed by atoms with Gasteiger partial charge in [0.05, 0.1) is 23.2 Å². The van der Waals surface area contributed by atoms with Crippen LogP contribution < -0.4 is 11.3 Å². The minimum absolute atomic E-state index is 0.190. The smallest absolute Gasteiger partial charge is 0.398 e. The molecule has 0 atom stereocenters. The molecule has 0 spiro atoms. The highest BCUT2D eigenvalue weighted by Gasteiger charge is 2.52. The molecule has 20 heavy (non-hydrogen) atoms. The van der Waals surface area contributed by atoms with Gasteiger partial charge in [-0.05, 0) is 52.3 Å². The summed E-state index contributed by atoms with van der Waals surface area (Å²) in [6, 6.07) is 3.67. The number of carbonyl (C=O) groups excluding carboxylic acids is 1. The molecule has 0 bridgehead atoms. The number of pyridine rings is 1. The lowest BCUT2D eigenvalue weighted by Gasteiger charge is -2.32. The van der Waals surface area contributed by atoms with E-state index in [0.717, 1.165) is 11.3 Å². The van der Waals surface area contributed by atoms with E-state index >= 15 is 0 Å². The average Bonchev–Trinajstić information content (AvgIpc) is 2.46. The van der Waals surface area contributed by atoms with Gasteiger partial charge in [-0.25, -0.2) is 0 Å². The zero-order valence-electron chi connectivity index (χ0n) is 12.7. The first-order valence-electron chi connectivity index (χ1n) is 6.72. The Hall–Kier alpha value is -1.40. The van der Waals surface area contributed by atoms with Crippen molar-refractivity contribution >= 4 is 18.6 Å². The van der Waals surface area contributed by atoms with Gasteiger partial charge in [0.25, 0.3) is 0 Å². The molecule has 0 aromatic carbocycles. The normalized spacial score (nSPS) is 20.1. The van der Waals surface area contributed by atoms with E-state index in [1.807, 2.05) is 46.8 Å². The van der Waals surface area contributed by atoms with Crippen LogP contribution in [0.25, 0.3) is 0 Å². The largest absolute Gasteiger partial charge is 0.514 e. The maximum Gasteiger partial charge on any atom is 0.514 e. The molecule has 2 heterocycles. The Morgan fingerprint density at radius 3 is 2.30 bits per heavy atom. The van der Waals surface area contributed by atoms with Gasteiger partial charge in [-0.15, -0.1) is 0 Å². The minimum Gasteiger partial charge on any atom is -0.398 e. The van der Waals surface area contributed by atoms with Crippen molar-refractivity contribution in [1.29, 1.82) is 0 Å². The molecule has 2 N–H and O–H groups in total. The first-order valence-corrected chi connectivity index (χ1v) is 6.72. The number of nitrogens with two attached hydrogens (primary N) is 1. The summed E-state index contributed by atoms with van der Waals surface area (Å²) in [5, 5.41) is 0. The van der Waals surface area contributed by atoms with Crippen molar-refractivity contribution in [3.63, 3.8) is 0 Å². The van der Waals surface area contributed by atoms with E-state index in [9.17, 15) is 4.79 Å². The molecule has 1 aliphatic heterocycles. The maximum absolute atomic E-state index is 11.1. The van der Waals surface area contributed by atoms with Crippen molar-refractivity contribution in [1.82, 2.24) is 4.98 Å². The zero-order valence-corrected chi connectivity index (χ0v) is 12.7. The molecule has 1 fully saturated rings. The Kier molecular flexibility index (Phi) is 3.65. The Bertz CT molecular complexity index is 527. The predicted molar refractivity (Wildman–Crippen MR) is 77.6 cm³/mol. The number of aryl methyl sites for hydroxylation is 1. The fraction of sp³-hybridized carbons (Fsp3) is 0.571. The third-order valence-corrected chi connectivity index (χ3v) is 3.91. The SMILES string of the molecule is Cc1cc(CC(N)=O)cc(B2OC(C)(C)C(C)(C)O2)n1. The Labute approximate surface area is 120 Å². The van der Waals surface area contributed by atoms with Gasteiger partial charge in [0.1, 0.15) is 0 Å². The third kappa shape index (κ3) is 2.86. The summed E-state index contributed by atoms with van der Waals surface area (Å²) in [4.78, 5) is 15.5. The van der Waals surface area contributed by atoms with Crippen LogP contribution in [0.1, 0.15) is 39.0 Å². The molecule has 1 aliphatic rings. The van der Waals surface area contributed by atoms with E-state index in [1.54, 1.807) is 0 Å². The molecule has 6 heteroatoms. The number of primary amides is 1. The van der Waals surface area contributed by atoms with E-state index in [2.05, 4.69) is 4.98 Å². The number of hydrogen-bond donors (Lipinski definition) is 1. The van der Waals surface area contributed by atoms with Crippen LogP contribution in [0.5, 0.6) is 0 Å². The summed E-state index contributed by atoms with van der Waals surface area (Å²) in [5.74, 6) is -0.365. The summed E-state index contributed by atoms with van der Waals surface area (Å²) in [5.41, 5.74) is 6.75. The zero-order chi connectivity index (χ0) is 15.1. The van der Waals surface area contributed by atoms with E-state index in [4.69, 9.17) is 15.0 Å². The number of rotatable bonds is 3. The van der Waals surface area contributed by atoms with E-state index < -0.39 is 18.3 Å². The lowest BCUT2D eigenvalue weighted by atomic mass is 9.83. The second kappa shape index (κ2) is 4.86. The number of amides is 1. The van der Waals surface area contributed by atoms with Gasteiger partial charge in [0, 0.05) is 5.69 Å². The minimum atomic E-state index is -0.522. The fourth-order valence-electron chi connectivity index (χ4n) is 2.16. The van der Waals surface area contributed by atoms with Crippen LogP contribution in [-0.2, 0) is 20.5 Å². The highest BCUT2D eigenvalue weighted by Crippen LogP contribution is 2.36. The van der Waals surface area contributed by atoms with Crippen LogP contribution in [0.3, 0.4) is 0 Å². The molecule has 5 nitrogen and oxygen atoms in total. The maximum atomic E-state index is 11.1. The van der Waals surface area contributed by atoms with E-state index in [0.29, 0.717) is 5.59 Å². The Balaban J connectivity index is 2.30. The molecule has 0 unspecified atom stereocenters. The van der Waals surface area contributed by atoms with Gasteiger partial charge in [-0.1, -0.05) is 0 Å². The van der Waals surface area contributed by atoms with Crippen molar-refractivity contribution < 1.29 is 14.1 Å². The topological polar surface area (TPSA) is 74.4 Å². The summed E-state index contributed by atoms with van der Waals surface area (Å²) in [6.07, 6.45) is 0.190. The van der Waals surface area contributed by atoms with Gasteiger partial charge in [0.2, 0.25) is 5.91 Å². The van der Waals surface area contributed by atoms with Crippen LogP contribution in [0, 0.1) is 6.92 Å². The third-order valence-electron chi connectivity index (χ3n) is 3.91. The van der Waals surface area contributed by atoms with Gasteiger partial charge in [-0.3, -0.25) is 9.78 Å². The van der Waals surface area contributed by atoms with Gasteiger partial charge < -0.3 is 15.0 Å². The molecular weight excluding hydrogens is 255 g/mol. The molecule has 108 valence electrons. The average molecular weight is 276 g/mol. The molecule has 2 rings (SSSR count). The van der Waals surface area contributed by atoms with Crippen molar-refractivity contribution in [2.75, 3.05) is 0 Å². The number of aromatic nitrogens is 1. The highest BCUT2D eigenvalue weighted by molar-refractivity contribution is 6.61. The monoisotopic (exact) mass is 276 g/mol. The second-order valence-electron chi connectivity index (χ2n) is 6.27. The molecule has 0 saturated carbocycles. The van der Waals surface area contributed by atoms with E-state index in [1.165, 1.54) is 0 Å². The summed E-state index contributed by atoms with van der Waals surface area (Å²) < 4.78 is 11.9. The van der Waals surface area contributed by atoms with E-state index in [-0.39, 0.29) is 12.3 Å². The van der Waals surface area contributed by atoms with Crippen molar-refractivity contribution in [3.8, 4) is 0 Å². The first-order chi connectivity index (χ1) is 9.10. The summed E-state index contributed by atoms with van der Waals surface area (Å²) in [6.45, 7) is 9.85. The van der Waals surface area contributed by atoms with Crippen LogP contribution >= 0.6 is 0 Å². The highest BCUT2D eigenvalue weighted by atomic mass is 16.7.